The number of H-pyrrole nitrogens is 1. The molecule has 0 aliphatic carbocycles. The van der Waals surface area contributed by atoms with Gasteiger partial charge in [0.2, 0.25) is 5.91 Å². The number of nitrogens with one attached hydrogen (secondary N) is 2. The van der Waals surface area contributed by atoms with Gasteiger partial charge in [0.15, 0.2) is 5.16 Å². The highest BCUT2D eigenvalue weighted by molar-refractivity contribution is 7.99. The van der Waals surface area contributed by atoms with Crippen LogP contribution in [-0.4, -0.2) is 21.6 Å². The second-order valence-electron chi connectivity index (χ2n) is 4.27. The number of amides is 1. The summed E-state index contributed by atoms with van der Waals surface area (Å²) in [4.78, 5) is 29.7. The number of carbonyl (C=O) groups excluding carboxylic acids is 1. The molecule has 0 radical (unpaired) electrons. The predicted octanol–water partition coefficient (Wildman–Crippen LogP) is 1.53. The van der Waals surface area contributed by atoms with Crippen LogP contribution in [0, 0.1) is 12.7 Å². The number of hydrogen-bond acceptors (Lipinski definition) is 5. The molecule has 0 spiro atoms. The maximum atomic E-state index is 13.0. The van der Waals surface area contributed by atoms with Gasteiger partial charge in [0.1, 0.15) is 5.82 Å². The van der Waals surface area contributed by atoms with E-state index in [2.05, 4.69) is 15.3 Å². The van der Waals surface area contributed by atoms with Crippen LogP contribution >= 0.6 is 11.8 Å². The number of aromatic amines is 1. The first kappa shape index (κ1) is 15.0. The second-order valence-corrected chi connectivity index (χ2v) is 5.23. The quantitative estimate of drug-likeness (QED) is 0.452. The molecule has 110 valence electrons. The minimum Gasteiger partial charge on any atom is -0.396 e. The average Bonchev–Trinajstić information content (AvgIpc) is 2.40. The molecular weight excluding hydrogens is 295 g/mol. The first-order valence-electron chi connectivity index (χ1n) is 5.99. The van der Waals surface area contributed by atoms with Gasteiger partial charge in [-0.25, -0.2) is 9.37 Å². The molecule has 0 unspecified atom stereocenters. The van der Waals surface area contributed by atoms with E-state index in [1.807, 2.05) is 0 Å². The number of carbonyl (C=O) groups is 1. The van der Waals surface area contributed by atoms with Crippen LogP contribution in [0.25, 0.3) is 0 Å². The number of hydrogen-bond donors (Lipinski definition) is 3. The van der Waals surface area contributed by atoms with E-state index in [1.54, 1.807) is 6.92 Å². The van der Waals surface area contributed by atoms with Crippen LogP contribution in [0.15, 0.2) is 34.2 Å². The molecule has 0 aliphatic heterocycles. The Labute approximate surface area is 124 Å². The molecular formula is C13H13FN4O2S. The number of aryl methyl sites for hydroxylation is 1. The average molecular weight is 308 g/mol. The van der Waals surface area contributed by atoms with Gasteiger partial charge in [0.25, 0.3) is 5.56 Å². The van der Waals surface area contributed by atoms with E-state index in [0.29, 0.717) is 16.5 Å². The van der Waals surface area contributed by atoms with Gasteiger partial charge in [-0.3, -0.25) is 9.59 Å². The van der Waals surface area contributed by atoms with Gasteiger partial charge in [-0.15, -0.1) is 0 Å². The fourth-order valence-corrected chi connectivity index (χ4v) is 2.29. The number of rotatable bonds is 4. The van der Waals surface area contributed by atoms with Crippen molar-refractivity contribution in [3.63, 3.8) is 0 Å². The van der Waals surface area contributed by atoms with E-state index in [4.69, 9.17) is 5.73 Å². The molecule has 0 bridgehead atoms. The molecule has 1 amide bonds. The zero-order valence-corrected chi connectivity index (χ0v) is 12.0. The number of anilines is 2. The van der Waals surface area contributed by atoms with Crippen LogP contribution in [0.1, 0.15) is 5.69 Å². The summed E-state index contributed by atoms with van der Waals surface area (Å²) in [6.45, 7) is 1.70. The Hall–Kier alpha value is -2.35. The molecule has 0 atom stereocenters. The Bertz CT molecular complexity index is 732. The molecule has 6 nitrogen and oxygen atoms in total. The van der Waals surface area contributed by atoms with E-state index >= 15 is 0 Å². The number of thioether (sulfide) groups is 1. The van der Waals surface area contributed by atoms with E-state index < -0.39 is 5.82 Å². The number of aromatic nitrogens is 2. The molecule has 0 fully saturated rings. The lowest BCUT2D eigenvalue weighted by molar-refractivity contribution is -0.113. The fraction of sp³-hybridized carbons (Fsp3) is 0.154. The number of halogens is 1. The standard InChI is InChI=1S/C13H13FN4O2S/c1-7-4-11(19)18-13(16-7)21-6-12(20)17-8-2-3-9(14)10(15)5-8/h2-5H,6,15H2,1H3,(H,17,20)(H,16,18,19). The Morgan fingerprint density at radius 2 is 2.24 bits per heavy atom. The van der Waals surface area contributed by atoms with Crippen molar-refractivity contribution >= 4 is 29.0 Å². The van der Waals surface area contributed by atoms with Gasteiger partial charge in [0, 0.05) is 17.4 Å². The molecule has 4 N–H and O–H groups in total. The van der Waals surface area contributed by atoms with Gasteiger partial charge in [-0.1, -0.05) is 11.8 Å². The highest BCUT2D eigenvalue weighted by atomic mass is 32.2. The zero-order valence-electron chi connectivity index (χ0n) is 11.1. The molecule has 0 saturated carbocycles. The molecule has 8 heteroatoms. The van der Waals surface area contributed by atoms with Crippen molar-refractivity contribution in [3.05, 3.63) is 46.1 Å². The maximum absolute atomic E-state index is 13.0. The molecule has 2 rings (SSSR count). The number of benzene rings is 1. The van der Waals surface area contributed by atoms with Crippen molar-refractivity contribution < 1.29 is 9.18 Å². The number of nitrogens with two attached hydrogens (primary N) is 1. The largest absolute Gasteiger partial charge is 0.396 e. The fourth-order valence-electron chi connectivity index (χ4n) is 1.57. The minimum atomic E-state index is -0.538. The summed E-state index contributed by atoms with van der Waals surface area (Å²) in [5.74, 6) is -0.789. The normalized spacial score (nSPS) is 10.4. The highest BCUT2D eigenvalue weighted by Gasteiger charge is 2.07. The third kappa shape index (κ3) is 4.32. The van der Waals surface area contributed by atoms with Crippen LogP contribution in [-0.2, 0) is 4.79 Å². The Kier molecular flexibility index (Phi) is 4.59. The zero-order chi connectivity index (χ0) is 15.4. The molecule has 21 heavy (non-hydrogen) atoms. The summed E-state index contributed by atoms with van der Waals surface area (Å²) in [5.41, 5.74) is 6.09. The van der Waals surface area contributed by atoms with Gasteiger partial charge >= 0.3 is 0 Å². The molecule has 1 aromatic heterocycles. The topological polar surface area (TPSA) is 101 Å². The van der Waals surface area contributed by atoms with Crippen molar-refractivity contribution in [3.8, 4) is 0 Å². The first-order chi connectivity index (χ1) is 9.94. The van der Waals surface area contributed by atoms with Crippen molar-refractivity contribution in [2.45, 2.75) is 12.1 Å². The van der Waals surface area contributed by atoms with Crippen LogP contribution < -0.4 is 16.6 Å². The van der Waals surface area contributed by atoms with Crippen LogP contribution in [0.5, 0.6) is 0 Å². The summed E-state index contributed by atoms with van der Waals surface area (Å²) >= 11 is 1.10. The summed E-state index contributed by atoms with van der Waals surface area (Å²) in [6.07, 6.45) is 0. The minimum absolute atomic E-state index is 0.0369. The molecule has 1 aromatic carbocycles. The lowest BCUT2D eigenvalue weighted by Crippen LogP contribution is -2.15. The lowest BCUT2D eigenvalue weighted by Gasteiger charge is -2.06. The van der Waals surface area contributed by atoms with Gasteiger partial charge < -0.3 is 16.0 Å². The summed E-state index contributed by atoms with van der Waals surface area (Å²) in [5, 5.41) is 2.95. The Balaban J connectivity index is 1.95. The third-order valence-corrected chi connectivity index (χ3v) is 3.34. The van der Waals surface area contributed by atoms with Gasteiger partial charge in [-0.05, 0) is 25.1 Å². The highest BCUT2D eigenvalue weighted by Crippen LogP contribution is 2.17. The smallest absolute Gasteiger partial charge is 0.251 e. The third-order valence-electron chi connectivity index (χ3n) is 2.47. The van der Waals surface area contributed by atoms with Crippen LogP contribution in [0.4, 0.5) is 15.8 Å². The van der Waals surface area contributed by atoms with Crippen molar-refractivity contribution in [2.75, 3.05) is 16.8 Å². The lowest BCUT2D eigenvalue weighted by atomic mass is 10.2. The van der Waals surface area contributed by atoms with Gasteiger partial charge in [-0.2, -0.15) is 0 Å². The van der Waals surface area contributed by atoms with E-state index in [1.165, 1.54) is 24.3 Å². The molecule has 1 heterocycles. The molecule has 0 saturated heterocycles. The van der Waals surface area contributed by atoms with Gasteiger partial charge in [0.05, 0.1) is 11.4 Å². The Morgan fingerprint density at radius 3 is 2.90 bits per heavy atom. The number of nitrogens with zero attached hydrogens (tertiary/aromatic N) is 1. The predicted molar refractivity (Wildman–Crippen MR) is 79.8 cm³/mol. The molecule has 0 aliphatic rings. The van der Waals surface area contributed by atoms with Crippen LogP contribution in [0.3, 0.4) is 0 Å². The van der Waals surface area contributed by atoms with Crippen molar-refractivity contribution in [2.24, 2.45) is 0 Å². The SMILES string of the molecule is Cc1cc(=O)[nH]c(SCC(=O)Nc2ccc(F)c(N)c2)n1. The van der Waals surface area contributed by atoms with E-state index in [-0.39, 0.29) is 22.9 Å². The van der Waals surface area contributed by atoms with Crippen molar-refractivity contribution in [1.29, 1.82) is 0 Å². The maximum Gasteiger partial charge on any atom is 0.251 e. The summed E-state index contributed by atoms with van der Waals surface area (Å²) in [6, 6.07) is 5.30. The monoisotopic (exact) mass is 308 g/mol. The second kappa shape index (κ2) is 6.40. The summed E-state index contributed by atoms with van der Waals surface area (Å²) < 4.78 is 13.0. The first-order valence-corrected chi connectivity index (χ1v) is 6.98. The number of nitrogen functional groups attached to an aromatic ring is 1. The summed E-state index contributed by atoms with van der Waals surface area (Å²) in [7, 11) is 0. The van der Waals surface area contributed by atoms with E-state index in [9.17, 15) is 14.0 Å². The Morgan fingerprint density at radius 1 is 1.48 bits per heavy atom. The van der Waals surface area contributed by atoms with E-state index in [0.717, 1.165) is 11.8 Å². The molecule has 2 aromatic rings. The van der Waals surface area contributed by atoms with Crippen molar-refractivity contribution in [1.82, 2.24) is 9.97 Å². The van der Waals surface area contributed by atoms with Crippen LogP contribution in [0.2, 0.25) is 0 Å².